The highest BCUT2D eigenvalue weighted by Crippen LogP contribution is 2.37. The van der Waals surface area contributed by atoms with E-state index in [2.05, 4.69) is 23.4 Å². The van der Waals surface area contributed by atoms with Crippen molar-refractivity contribution in [3.05, 3.63) is 0 Å². The van der Waals surface area contributed by atoms with Gasteiger partial charge in [-0.1, -0.05) is 25.7 Å². The van der Waals surface area contributed by atoms with E-state index >= 15 is 0 Å². The minimum Gasteiger partial charge on any atom is -0.756 e. The predicted molar refractivity (Wildman–Crippen MR) is 175 cm³/mol. The van der Waals surface area contributed by atoms with Gasteiger partial charge in [-0.05, 0) is 32.2 Å². The van der Waals surface area contributed by atoms with Crippen LogP contribution < -0.4 is 20.8 Å². The van der Waals surface area contributed by atoms with Gasteiger partial charge in [0.15, 0.2) is 0 Å². The van der Waals surface area contributed by atoms with Crippen molar-refractivity contribution in [3.8, 4) is 0 Å². The number of likely N-dealkylation sites (N-methyl/N-ethyl adjacent to an activating group) is 2. The molecular weight excluding hydrogens is 662 g/mol. The topological polar surface area (TPSA) is 250 Å². The fraction of sp³-hybridized carbons (Fsp3) is 0.929. The van der Waals surface area contributed by atoms with Gasteiger partial charge in [-0.15, -0.1) is 0 Å². The van der Waals surface area contributed by atoms with E-state index in [9.17, 15) is 33.6 Å². The summed E-state index contributed by atoms with van der Waals surface area (Å²) in [6.07, 6.45) is 5.27. The Hall–Kier alpha value is -1.04. The maximum atomic E-state index is 11.6. The van der Waals surface area contributed by atoms with Crippen LogP contribution in [0.2, 0.25) is 0 Å². The molecule has 0 aliphatic carbocycles. The Morgan fingerprint density at radius 2 is 1.11 bits per heavy atom. The van der Waals surface area contributed by atoms with Gasteiger partial charge in [0, 0.05) is 20.8 Å². The molecule has 19 heteroatoms. The molecule has 0 spiro atoms. The quantitative estimate of drug-likeness (QED) is 0.0486. The Morgan fingerprint density at radius 3 is 1.47 bits per heavy atom. The van der Waals surface area contributed by atoms with Crippen LogP contribution in [-0.4, -0.2) is 144 Å². The van der Waals surface area contributed by atoms with E-state index in [0.717, 1.165) is 59.2 Å². The molecule has 0 aromatic carbocycles. The largest absolute Gasteiger partial charge is 0.756 e. The fourth-order valence-electron chi connectivity index (χ4n) is 3.75. The molecule has 0 aromatic heterocycles. The standard InChI is InChI=1S/C14H31N2O6P.C7H18NO4P.C7H15NO3/c1-16(2,3)12-13(17)11-14(18)15-9-7-5-6-8-10-22-23(19,20)21-4;1-11-13(9,10)12-7-5-3-2-4-6-8;1-8(2,3)5-6(9)4-7(10)11/h13,17H,5-12H2,1-4H3,(H-,15,18,19,20);2-8H2,1H3,(H,9,10);6,9H,4-5H2,1-3H3/t13-;;6-/m1.1/s1. The molecule has 4 atom stereocenters. The van der Waals surface area contributed by atoms with Crippen LogP contribution in [0.4, 0.5) is 0 Å². The summed E-state index contributed by atoms with van der Waals surface area (Å²) in [5.41, 5.74) is 5.29. The van der Waals surface area contributed by atoms with Crippen molar-refractivity contribution >= 4 is 27.5 Å². The highest BCUT2D eigenvalue weighted by molar-refractivity contribution is 7.46. The van der Waals surface area contributed by atoms with E-state index in [0.29, 0.717) is 41.6 Å². The second-order valence-electron chi connectivity index (χ2n) is 12.9. The number of rotatable bonds is 25. The molecular formula is C28H64N4O13P2. The first-order chi connectivity index (χ1) is 21.5. The molecule has 17 nitrogen and oxygen atoms in total. The number of quaternary nitrogens is 2. The van der Waals surface area contributed by atoms with Crippen molar-refractivity contribution < 1.29 is 70.9 Å². The summed E-state index contributed by atoms with van der Waals surface area (Å²) >= 11 is 0. The average molecular weight is 727 g/mol. The number of phosphoric acid groups is 2. The van der Waals surface area contributed by atoms with Crippen LogP contribution in [0.3, 0.4) is 0 Å². The van der Waals surface area contributed by atoms with Crippen molar-refractivity contribution in [1.82, 2.24) is 5.32 Å². The normalized spacial score (nSPS) is 15.5. The Morgan fingerprint density at radius 1 is 0.723 bits per heavy atom. The third-order valence-electron chi connectivity index (χ3n) is 5.79. The predicted octanol–water partition coefficient (Wildman–Crippen LogP) is 0.417. The lowest BCUT2D eigenvalue weighted by atomic mass is 10.2. The van der Waals surface area contributed by atoms with Crippen LogP contribution in [0.15, 0.2) is 0 Å². The molecule has 1 amide bonds. The molecule has 0 aromatic rings. The molecule has 0 rings (SSSR count). The van der Waals surface area contributed by atoms with Crippen LogP contribution in [0.25, 0.3) is 0 Å². The number of nitrogens with one attached hydrogen (secondary N) is 1. The number of hydrogen-bond acceptors (Lipinski definition) is 13. The second-order valence-corrected chi connectivity index (χ2v) is 16.0. The number of nitrogens with two attached hydrogens (primary N) is 1. The maximum absolute atomic E-state index is 11.6. The van der Waals surface area contributed by atoms with Crippen LogP contribution in [0, 0.1) is 0 Å². The molecule has 0 aliphatic rings. The molecule has 0 bridgehead atoms. The number of carboxylic acid groups (broad SMARTS) is 1. The summed E-state index contributed by atoms with van der Waals surface area (Å²) in [7, 11) is 5.64. The summed E-state index contributed by atoms with van der Waals surface area (Å²) < 4.78 is 40.1. The summed E-state index contributed by atoms with van der Waals surface area (Å²) in [6.45, 7) is 2.52. The van der Waals surface area contributed by atoms with Crippen molar-refractivity contribution in [2.75, 3.05) is 95.9 Å². The molecule has 47 heavy (non-hydrogen) atoms. The molecule has 6 N–H and O–H groups in total. The van der Waals surface area contributed by atoms with E-state index in [-0.39, 0.29) is 32.0 Å². The van der Waals surface area contributed by atoms with Gasteiger partial charge in [-0.25, -0.2) is 0 Å². The Balaban J connectivity index is -0.000000681. The molecule has 0 fully saturated rings. The summed E-state index contributed by atoms with van der Waals surface area (Å²) in [5, 5.41) is 30.0. The maximum Gasteiger partial charge on any atom is 0.306 e. The van der Waals surface area contributed by atoms with Crippen LogP contribution in [-0.2, 0) is 36.8 Å². The lowest BCUT2D eigenvalue weighted by Crippen LogP contribution is -2.43. The Bertz CT molecular complexity index is 903. The molecule has 2 unspecified atom stereocenters. The van der Waals surface area contributed by atoms with E-state index in [1.807, 2.05) is 42.3 Å². The van der Waals surface area contributed by atoms with Gasteiger partial charge in [0.2, 0.25) is 5.91 Å². The van der Waals surface area contributed by atoms with Crippen molar-refractivity contribution in [2.45, 2.75) is 76.4 Å². The number of aliphatic hydroxyl groups is 2. The van der Waals surface area contributed by atoms with Crippen molar-refractivity contribution in [3.63, 3.8) is 0 Å². The monoisotopic (exact) mass is 726 g/mol. The average Bonchev–Trinajstić information content (AvgIpc) is 2.90. The number of phosphoric ester groups is 2. The zero-order valence-electron chi connectivity index (χ0n) is 29.8. The molecule has 0 saturated heterocycles. The highest BCUT2D eigenvalue weighted by Gasteiger charge is 2.19. The van der Waals surface area contributed by atoms with Crippen molar-refractivity contribution in [2.24, 2.45) is 5.73 Å². The molecule has 0 saturated carbocycles. The first-order valence-electron chi connectivity index (χ1n) is 15.7. The third kappa shape index (κ3) is 42.9. The van der Waals surface area contributed by atoms with Gasteiger partial charge in [0.25, 0.3) is 15.6 Å². The Labute approximate surface area is 281 Å². The van der Waals surface area contributed by atoms with Crippen LogP contribution >= 0.6 is 15.6 Å². The first kappa shape index (κ1) is 50.3. The van der Waals surface area contributed by atoms with Gasteiger partial charge in [0.1, 0.15) is 25.3 Å². The molecule has 0 aliphatic heterocycles. The first-order valence-corrected chi connectivity index (χ1v) is 18.6. The summed E-state index contributed by atoms with van der Waals surface area (Å²) in [4.78, 5) is 43.3. The van der Waals surface area contributed by atoms with E-state index in [4.69, 9.17) is 15.9 Å². The molecule has 0 radical (unpaired) electrons. The van der Waals surface area contributed by atoms with E-state index < -0.39 is 33.8 Å². The number of hydrogen-bond donors (Lipinski definition) is 5. The minimum absolute atomic E-state index is 0.109. The zero-order valence-corrected chi connectivity index (χ0v) is 31.5. The number of amides is 1. The Kier molecular flexibility index (Phi) is 29.7. The van der Waals surface area contributed by atoms with Gasteiger partial charge >= 0.3 is 5.97 Å². The number of carboxylic acids is 1. The van der Waals surface area contributed by atoms with E-state index in [1.54, 1.807) is 0 Å². The van der Waals surface area contributed by atoms with Gasteiger partial charge in [-0.3, -0.25) is 18.7 Å². The van der Waals surface area contributed by atoms with Gasteiger partial charge < -0.3 is 63.2 Å². The highest BCUT2D eigenvalue weighted by atomic mass is 31.2. The van der Waals surface area contributed by atoms with Gasteiger partial charge in [0.05, 0.1) is 68.3 Å². The lowest BCUT2D eigenvalue weighted by Gasteiger charge is -2.26. The van der Waals surface area contributed by atoms with E-state index in [1.165, 1.54) is 0 Å². The third-order valence-corrected chi connectivity index (χ3v) is 7.68. The lowest BCUT2D eigenvalue weighted by molar-refractivity contribution is -0.873. The number of carbonyl (C=O) groups is 2. The summed E-state index contributed by atoms with van der Waals surface area (Å²) in [6, 6.07) is 0. The van der Waals surface area contributed by atoms with Gasteiger partial charge in [-0.2, -0.15) is 0 Å². The summed E-state index contributed by atoms with van der Waals surface area (Å²) in [5.74, 6) is -1.10. The zero-order chi connectivity index (χ0) is 37.2. The number of aliphatic hydroxyl groups excluding tert-OH is 2. The number of carbonyl (C=O) groups excluding carboxylic acids is 1. The number of unbranched alkanes of at least 4 members (excludes halogenated alkanes) is 6. The van der Waals surface area contributed by atoms with Crippen molar-refractivity contribution in [1.29, 1.82) is 0 Å². The fourth-order valence-corrected chi connectivity index (χ4v) is 4.66. The number of aliphatic carboxylic acids is 1. The van der Waals surface area contributed by atoms with Crippen LogP contribution in [0.1, 0.15) is 64.2 Å². The smallest absolute Gasteiger partial charge is 0.306 e. The SMILES string of the molecule is COP(=O)([O-])OCCCCCCN.COP(=O)([O-])OCCCCCCNC(=O)C[C@@H](O)C[N+](C)(C)C.C[N+](C)(C)C[C@H](O)CC(=O)O. The molecule has 284 valence electrons. The minimum atomic E-state index is -4.11. The molecule has 0 heterocycles. The second kappa shape index (κ2) is 27.7. The number of nitrogens with zero attached hydrogens (tertiary/aromatic N) is 2. The van der Waals surface area contributed by atoms with Crippen LogP contribution in [0.5, 0.6) is 0 Å².